The van der Waals surface area contributed by atoms with Crippen molar-refractivity contribution < 1.29 is 14.3 Å². The lowest BCUT2D eigenvalue weighted by atomic mass is 9.87. The van der Waals surface area contributed by atoms with Crippen LogP contribution in [0.2, 0.25) is 0 Å². The van der Waals surface area contributed by atoms with Gasteiger partial charge >= 0.3 is 6.03 Å². The van der Waals surface area contributed by atoms with Crippen molar-refractivity contribution in [1.29, 1.82) is 0 Å². The molecule has 0 spiro atoms. The fourth-order valence-corrected chi connectivity index (χ4v) is 4.51. The van der Waals surface area contributed by atoms with Crippen molar-refractivity contribution in [3.8, 4) is 5.75 Å². The molecule has 144 valence electrons. The van der Waals surface area contributed by atoms with Gasteiger partial charge in [-0.2, -0.15) is 0 Å². The van der Waals surface area contributed by atoms with Gasteiger partial charge in [0.1, 0.15) is 5.75 Å². The number of amides is 3. The van der Waals surface area contributed by atoms with Gasteiger partial charge in [-0.1, -0.05) is 26.2 Å². The molecule has 1 N–H and O–H groups in total. The van der Waals surface area contributed by atoms with Crippen LogP contribution in [0.4, 0.5) is 4.79 Å². The molecule has 6 nitrogen and oxygen atoms in total. The number of methoxy groups -OCH3 is 1. The molecule has 1 fully saturated rings. The van der Waals surface area contributed by atoms with Crippen LogP contribution in [-0.2, 0) is 16.8 Å². The number of hydrogen-bond donors (Lipinski definition) is 1. The first-order valence-electron chi connectivity index (χ1n) is 9.85. The van der Waals surface area contributed by atoms with Gasteiger partial charge in [0, 0.05) is 24.0 Å². The summed E-state index contributed by atoms with van der Waals surface area (Å²) in [7, 11) is 1.65. The summed E-state index contributed by atoms with van der Waals surface area (Å²) in [5.41, 5.74) is 2.01. The van der Waals surface area contributed by atoms with Gasteiger partial charge in [0.2, 0.25) is 0 Å². The van der Waals surface area contributed by atoms with Crippen LogP contribution in [0, 0.1) is 0 Å². The Morgan fingerprint density at radius 2 is 2.04 bits per heavy atom. The number of fused-ring (bicyclic) bond motifs is 5. The quantitative estimate of drug-likeness (QED) is 0.622. The van der Waals surface area contributed by atoms with Gasteiger partial charge in [-0.05, 0) is 43.5 Å². The molecule has 1 aromatic carbocycles. The number of imide groups is 1. The summed E-state index contributed by atoms with van der Waals surface area (Å²) >= 11 is 0. The first kappa shape index (κ1) is 17.9. The Morgan fingerprint density at radius 1 is 1.22 bits per heavy atom. The van der Waals surface area contributed by atoms with Crippen LogP contribution < -0.4 is 4.74 Å². The van der Waals surface area contributed by atoms with Gasteiger partial charge in [0.05, 0.1) is 12.8 Å². The van der Waals surface area contributed by atoms with Gasteiger partial charge in [-0.25, -0.2) is 4.79 Å². The second kappa shape index (κ2) is 6.59. The topological polar surface area (TPSA) is 65.6 Å². The zero-order valence-electron chi connectivity index (χ0n) is 16.3. The fourth-order valence-electron chi connectivity index (χ4n) is 4.51. The fraction of sp³-hybridized carbons (Fsp3) is 0.524. The van der Waals surface area contributed by atoms with E-state index in [1.54, 1.807) is 12.0 Å². The van der Waals surface area contributed by atoms with E-state index in [0.29, 0.717) is 13.1 Å². The minimum Gasteiger partial charge on any atom is -0.497 e. The molecular weight excluding hydrogens is 342 g/mol. The lowest BCUT2D eigenvalue weighted by Gasteiger charge is -2.36. The Bertz CT molecular complexity index is 903. The van der Waals surface area contributed by atoms with Crippen molar-refractivity contribution in [3.05, 3.63) is 29.5 Å². The molecule has 3 amide bonds. The number of urea groups is 1. The van der Waals surface area contributed by atoms with Crippen LogP contribution in [0.5, 0.6) is 5.75 Å². The number of benzene rings is 1. The van der Waals surface area contributed by atoms with Gasteiger partial charge in [-0.15, -0.1) is 0 Å². The van der Waals surface area contributed by atoms with Crippen molar-refractivity contribution >= 4 is 22.8 Å². The number of unbranched alkanes of at least 4 members (excludes halogenated alkanes) is 3. The van der Waals surface area contributed by atoms with Crippen LogP contribution in [0.3, 0.4) is 0 Å². The average molecular weight is 369 g/mol. The smallest absolute Gasteiger partial charge is 0.327 e. The molecule has 1 atom stereocenters. The van der Waals surface area contributed by atoms with E-state index in [0.717, 1.165) is 60.0 Å². The maximum Gasteiger partial charge on any atom is 0.327 e. The second-order valence-corrected chi connectivity index (χ2v) is 7.66. The number of carbonyl (C=O) groups is 2. The normalized spacial score (nSPS) is 21.7. The zero-order valence-corrected chi connectivity index (χ0v) is 16.3. The third-order valence-corrected chi connectivity index (χ3v) is 6.08. The highest BCUT2D eigenvalue weighted by molar-refractivity contribution is 6.08. The van der Waals surface area contributed by atoms with Crippen molar-refractivity contribution in [2.45, 2.75) is 51.5 Å². The van der Waals surface area contributed by atoms with E-state index in [-0.39, 0.29) is 11.9 Å². The summed E-state index contributed by atoms with van der Waals surface area (Å²) in [5, 5.41) is 1.08. The van der Waals surface area contributed by atoms with E-state index < -0.39 is 5.54 Å². The summed E-state index contributed by atoms with van der Waals surface area (Å²) < 4.78 is 5.36. The number of ether oxygens (including phenoxy) is 1. The number of nitrogens with zero attached hydrogens (tertiary/aromatic N) is 2. The molecule has 0 saturated carbocycles. The molecule has 3 heterocycles. The number of aromatic nitrogens is 1. The molecule has 2 aromatic rings. The van der Waals surface area contributed by atoms with Crippen molar-refractivity contribution in [2.24, 2.45) is 0 Å². The number of hydrogen-bond acceptors (Lipinski definition) is 3. The second-order valence-electron chi connectivity index (χ2n) is 7.66. The van der Waals surface area contributed by atoms with E-state index in [9.17, 15) is 9.59 Å². The average Bonchev–Trinajstić information content (AvgIpc) is 3.14. The van der Waals surface area contributed by atoms with Crippen LogP contribution in [0.15, 0.2) is 18.2 Å². The van der Waals surface area contributed by atoms with E-state index in [1.165, 1.54) is 4.90 Å². The van der Waals surface area contributed by atoms with Crippen LogP contribution >= 0.6 is 0 Å². The predicted octanol–water partition coefficient (Wildman–Crippen LogP) is 3.79. The van der Waals surface area contributed by atoms with Gasteiger partial charge in [0.25, 0.3) is 5.91 Å². The molecule has 4 rings (SSSR count). The highest BCUT2D eigenvalue weighted by Crippen LogP contribution is 2.44. The Hall–Kier alpha value is -2.50. The first-order chi connectivity index (χ1) is 13.0. The van der Waals surface area contributed by atoms with Crippen LogP contribution in [0.25, 0.3) is 10.9 Å². The Kier molecular flexibility index (Phi) is 4.36. The Balaban J connectivity index is 1.71. The summed E-state index contributed by atoms with van der Waals surface area (Å²) in [6, 6.07) is 5.74. The maximum absolute atomic E-state index is 13.3. The van der Waals surface area contributed by atoms with Crippen molar-refractivity contribution in [2.75, 3.05) is 20.2 Å². The standard InChI is InChI=1S/C21H27N3O3/c1-4-5-6-7-11-23-19(25)21(2)18-15(10-12-24(21)20(23)26)16-13-14(27-3)8-9-17(16)22-18/h8-9,13,22H,4-7,10-12H2,1-3H3/t21-/m1/s1. The third kappa shape index (κ3) is 2.53. The predicted molar refractivity (Wildman–Crippen MR) is 104 cm³/mol. The number of aromatic amines is 1. The van der Waals surface area contributed by atoms with Gasteiger partial charge in [-0.3, -0.25) is 9.69 Å². The molecular formula is C21H27N3O3. The van der Waals surface area contributed by atoms with Gasteiger partial charge < -0.3 is 14.6 Å². The molecule has 0 bridgehead atoms. The van der Waals surface area contributed by atoms with Crippen LogP contribution in [0.1, 0.15) is 50.8 Å². The molecule has 1 aromatic heterocycles. The number of carbonyl (C=O) groups excluding carboxylic acids is 2. The molecule has 2 aliphatic heterocycles. The summed E-state index contributed by atoms with van der Waals surface area (Å²) in [4.78, 5) is 32.9. The first-order valence-corrected chi connectivity index (χ1v) is 9.85. The maximum atomic E-state index is 13.3. The zero-order chi connectivity index (χ0) is 19.2. The number of nitrogens with one attached hydrogen (secondary N) is 1. The Labute approximate surface area is 159 Å². The van der Waals surface area contributed by atoms with Crippen LogP contribution in [-0.4, -0.2) is 46.9 Å². The monoisotopic (exact) mass is 369 g/mol. The molecule has 0 unspecified atom stereocenters. The molecule has 0 aliphatic carbocycles. The highest BCUT2D eigenvalue weighted by Gasteiger charge is 2.58. The minimum atomic E-state index is -0.943. The summed E-state index contributed by atoms with van der Waals surface area (Å²) in [5.74, 6) is 0.687. The number of H-pyrrole nitrogens is 1. The van der Waals surface area contributed by atoms with Gasteiger partial charge in [0.15, 0.2) is 5.54 Å². The van der Waals surface area contributed by atoms with Crippen molar-refractivity contribution in [1.82, 2.24) is 14.8 Å². The lowest BCUT2D eigenvalue weighted by Crippen LogP contribution is -2.49. The van der Waals surface area contributed by atoms with E-state index in [1.807, 2.05) is 25.1 Å². The minimum absolute atomic E-state index is 0.108. The van der Waals surface area contributed by atoms with E-state index in [2.05, 4.69) is 11.9 Å². The SMILES string of the molecule is CCCCCCN1C(=O)N2CCc3c([nH]c4ccc(OC)cc34)[C@]2(C)C1=O. The third-order valence-electron chi connectivity index (χ3n) is 6.08. The highest BCUT2D eigenvalue weighted by atomic mass is 16.5. The molecule has 27 heavy (non-hydrogen) atoms. The summed E-state index contributed by atoms with van der Waals surface area (Å²) in [6.45, 7) is 5.10. The largest absolute Gasteiger partial charge is 0.497 e. The lowest BCUT2D eigenvalue weighted by molar-refractivity contribution is -0.133. The van der Waals surface area contributed by atoms with E-state index in [4.69, 9.17) is 4.74 Å². The summed E-state index contributed by atoms with van der Waals surface area (Å²) in [6.07, 6.45) is 4.91. The molecule has 6 heteroatoms. The molecule has 2 aliphatic rings. The molecule has 0 radical (unpaired) electrons. The van der Waals surface area contributed by atoms with Crippen molar-refractivity contribution in [3.63, 3.8) is 0 Å². The molecule has 1 saturated heterocycles. The Morgan fingerprint density at radius 3 is 2.78 bits per heavy atom. The van der Waals surface area contributed by atoms with E-state index >= 15 is 0 Å². The number of rotatable bonds is 6.